The minimum absolute atomic E-state index is 0.0706. The molecule has 7 nitrogen and oxygen atoms in total. The molecule has 7 heteroatoms. The van der Waals surface area contributed by atoms with Gasteiger partial charge in [-0.05, 0) is 12.5 Å². The maximum absolute atomic E-state index is 11.9. The van der Waals surface area contributed by atoms with E-state index in [0.717, 1.165) is 6.42 Å². The first-order valence-electron chi connectivity index (χ1n) is 5.51. The molecule has 5 N–H and O–H groups in total. The Hall–Kier alpha value is -2.31. The van der Waals surface area contributed by atoms with Crippen LogP contribution in [0.4, 0.5) is 0 Å². The summed E-state index contributed by atoms with van der Waals surface area (Å²) in [6.45, 7) is 1.91. The van der Waals surface area contributed by atoms with Crippen LogP contribution < -0.4 is 11.1 Å². The lowest BCUT2D eigenvalue weighted by molar-refractivity contribution is 0.0942. The molecule has 1 unspecified atom stereocenters. The molecule has 1 aromatic rings. The first-order chi connectivity index (χ1) is 8.60. The first kappa shape index (κ1) is 13.8. The molecule has 18 heavy (non-hydrogen) atoms. The third-order valence-electron chi connectivity index (χ3n) is 2.40. The molecule has 0 bridgehead atoms. The Bertz CT molecular complexity index is 448. The lowest BCUT2D eigenvalue weighted by atomic mass is 10.1. The smallest absolute Gasteiger partial charge is 0.255 e. The van der Waals surface area contributed by atoms with E-state index < -0.39 is 11.9 Å². The number of hydrogen-bond acceptors (Lipinski definition) is 5. The number of rotatable bonds is 5. The number of aromatic nitrogens is 1. The highest BCUT2D eigenvalue weighted by atomic mass is 16.4. The van der Waals surface area contributed by atoms with Crippen molar-refractivity contribution in [3.63, 3.8) is 0 Å². The fourth-order valence-electron chi connectivity index (χ4n) is 1.47. The Balaban J connectivity index is 2.82. The van der Waals surface area contributed by atoms with Gasteiger partial charge in [0.1, 0.15) is 5.75 Å². The average Bonchev–Trinajstić information content (AvgIpc) is 2.37. The number of aromatic hydroxyl groups is 1. The second kappa shape index (κ2) is 6.43. The Morgan fingerprint density at radius 1 is 1.67 bits per heavy atom. The summed E-state index contributed by atoms with van der Waals surface area (Å²) in [5.74, 6) is -0.788. The Morgan fingerprint density at radius 2 is 2.39 bits per heavy atom. The molecule has 0 aromatic carbocycles. The van der Waals surface area contributed by atoms with Gasteiger partial charge < -0.3 is 21.4 Å². The zero-order valence-electron chi connectivity index (χ0n) is 10.00. The van der Waals surface area contributed by atoms with Gasteiger partial charge in [0.15, 0.2) is 5.84 Å². The van der Waals surface area contributed by atoms with Crippen LogP contribution in [0.15, 0.2) is 23.6 Å². The number of carbonyl (C=O) groups is 1. The molecule has 0 aliphatic heterocycles. The highest BCUT2D eigenvalue weighted by molar-refractivity contribution is 5.99. The van der Waals surface area contributed by atoms with Crippen LogP contribution in [-0.2, 0) is 0 Å². The second-order valence-electron chi connectivity index (χ2n) is 3.73. The zero-order chi connectivity index (χ0) is 13.5. The van der Waals surface area contributed by atoms with Gasteiger partial charge in [-0.1, -0.05) is 18.5 Å². The van der Waals surface area contributed by atoms with Crippen LogP contribution in [0.1, 0.15) is 30.1 Å². The van der Waals surface area contributed by atoms with Crippen LogP contribution in [0.25, 0.3) is 0 Å². The molecule has 0 saturated carbocycles. The molecule has 0 fully saturated rings. The minimum Gasteiger partial charge on any atom is -0.505 e. The maximum Gasteiger partial charge on any atom is 0.255 e. The average molecular weight is 252 g/mol. The summed E-state index contributed by atoms with van der Waals surface area (Å²) in [6.07, 6.45) is 3.86. The molecule has 0 aliphatic carbocycles. The van der Waals surface area contributed by atoms with E-state index >= 15 is 0 Å². The predicted octanol–water partition coefficient (Wildman–Crippen LogP) is 0.432. The number of pyridine rings is 1. The maximum atomic E-state index is 11.9. The van der Waals surface area contributed by atoms with Crippen LogP contribution in [-0.4, -0.2) is 33.1 Å². The van der Waals surface area contributed by atoms with Crippen molar-refractivity contribution in [1.82, 2.24) is 10.3 Å². The van der Waals surface area contributed by atoms with Crippen molar-refractivity contribution < 1.29 is 15.1 Å². The van der Waals surface area contributed by atoms with E-state index in [-0.39, 0.29) is 17.1 Å². The summed E-state index contributed by atoms with van der Waals surface area (Å²) in [5.41, 5.74) is 5.57. The van der Waals surface area contributed by atoms with E-state index in [0.29, 0.717) is 6.42 Å². The van der Waals surface area contributed by atoms with Crippen molar-refractivity contribution in [2.45, 2.75) is 25.8 Å². The highest BCUT2D eigenvalue weighted by Gasteiger charge is 2.18. The largest absolute Gasteiger partial charge is 0.505 e. The summed E-state index contributed by atoms with van der Waals surface area (Å²) in [4.78, 5) is 15.6. The minimum atomic E-state index is -0.569. The quantitative estimate of drug-likeness (QED) is 0.262. The van der Waals surface area contributed by atoms with E-state index in [2.05, 4.69) is 15.5 Å². The number of nitrogens with two attached hydrogens (primary N) is 1. The van der Waals surface area contributed by atoms with Crippen LogP contribution in [0, 0.1) is 0 Å². The van der Waals surface area contributed by atoms with Crippen LogP contribution >= 0.6 is 0 Å². The Kier molecular flexibility index (Phi) is 4.91. The van der Waals surface area contributed by atoms with Gasteiger partial charge in [0.2, 0.25) is 0 Å². The zero-order valence-corrected chi connectivity index (χ0v) is 10.00. The first-order valence-corrected chi connectivity index (χ1v) is 5.51. The summed E-state index contributed by atoms with van der Waals surface area (Å²) < 4.78 is 0. The molecule has 1 aromatic heterocycles. The standard InChI is InChI=1S/C11H16N4O3/c1-2-3-8(10(12)15-18)14-11(17)7-4-5-13-6-9(7)16/h4-6,8,16,18H,2-3H2,1H3,(H2,12,15)(H,14,17). The van der Waals surface area contributed by atoms with E-state index in [4.69, 9.17) is 10.9 Å². The van der Waals surface area contributed by atoms with Crippen LogP contribution in [0.5, 0.6) is 5.75 Å². The molecular formula is C11H16N4O3. The number of carbonyl (C=O) groups excluding carboxylic acids is 1. The number of nitrogens with one attached hydrogen (secondary N) is 1. The molecule has 1 atom stereocenters. The normalized spacial score (nSPS) is 13.1. The summed E-state index contributed by atoms with van der Waals surface area (Å²) in [5, 5.41) is 23.6. The van der Waals surface area contributed by atoms with Crippen molar-refractivity contribution in [1.29, 1.82) is 0 Å². The van der Waals surface area contributed by atoms with Gasteiger partial charge in [0.25, 0.3) is 5.91 Å². The Morgan fingerprint density at radius 3 is 2.94 bits per heavy atom. The van der Waals surface area contributed by atoms with Gasteiger partial charge in [0, 0.05) is 6.20 Å². The van der Waals surface area contributed by atoms with Gasteiger partial charge in [-0.2, -0.15) is 0 Å². The van der Waals surface area contributed by atoms with Crippen molar-refractivity contribution in [3.8, 4) is 5.75 Å². The van der Waals surface area contributed by atoms with Crippen LogP contribution in [0.2, 0.25) is 0 Å². The van der Waals surface area contributed by atoms with Gasteiger partial charge in [-0.25, -0.2) is 0 Å². The SMILES string of the molecule is CCCC(NC(=O)c1ccncc1O)/C(N)=N/O. The van der Waals surface area contributed by atoms with Crippen LogP contribution in [0.3, 0.4) is 0 Å². The highest BCUT2D eigenvalue weighted by Crippen LogP contribution is 2.14. The number of nitrogens with zero attached hydrogens (tertiary/aromatic N) is 2. The molecule has 1 amide bonds. The summed E-state index contributed by atoms with van der Waals surface area (Å²) in [7, 11) is 0. The number of oxime groups is 1. The molecule has 1 rings (SSSR count). The number of amides is 1. The topological polar surface area (TPSA) is 121 Å². The fourth-order valence-corrected chi connectivity index (χ4v) is 1.47. The molecule has 0 aliphatic rings. The van der Waals surface area contributed by atoms with Crippen molar-refractivity contribution in [3.05, 3.63) is 24.0 Å². The molecule has 0 radical (unpaired) electrons. The van der Waals surface area contributed by atoms with Gasteiger partial charge >= 0.3 is 0 Å². The third kappa shape index (κ3) is 3.34. The van der Waals surface area contributed by atoms with E-state index in [1.54, 1.807) is 0 Å². The summed E-state index contributed by atoms with van der Waals surface area (Å²) in [6, 6.07) is 0.819. The molecule has 1 heterocycles. The van der Waals surface area contributed by atoms with Crippen molar-refractivity contribution in [2.24, 2.45) is 10.9 Å². The lowest BCUT2D eigenvalue weighted by Crippen LogP contribution is -2.44. The number of amidine groups is 1. The molecule has 0 saturated heterocycles. The molecule has 0 spiro atoms. The predicted molar refractivity (Wildman–Crippen MR) is 65.5 cm³/mol. The number of hydrogen-bond donors (Lipinski definition) is 4. The third-order valence-corrected chi connectivity index (χ3v) is 2.40. The Labute approximate surface area is 104 Å². The van der Waals surface area contributed by atoms with Gasteiger partial charge in [-0.15, -0.1) is 0 Å². The van der Waals surface area contributed by atoms with Crippen molar-refractivity contribution in [2.75, 3.05) is 0 Å². The molecule has 98 valence electrons. The van der Waals surface area contributed by atoms with Crippen molar-refractivity contribution >= 4 is 11.7 Å². The second-order valence-corrected chi connectivity index (χ2v) is 3.73. The van der Waals surface area contributed by atoms with E-state index in [9.17, 15) is 9.90 Å². The molecular weight excluding hydrogens is 236 g/mol. The van der Waals surface area contributed by atoms with Gasteiger partial charge in [-0.3, -0.25) is 9.78 Å². The van der Waals surface area contributed by atoms with E-state index in [1.165, 1.54) is 18.5 Å². The van der Waals surface area contributed by atoms with Gasteiger partial charge in [0.05, 0.1) is 17.8 Å². The summed E-state index contributed by atoms with van der Waals surface area (Å²) >= 11 is 0. The van der Waals surface area contributed by atoms with E-state index in [1.807, 2.05) is 6.92 Å². The monoisotopic (exact) mass is 252 g/mol. The fraction of sp³-hybridized carbons (Fsp3) is 0.364. The lowest BCUT2D eigenvalue weighted by Gasteiger charge is -2.16.